The van der Waals surface area contributed by atoms with Crippen LogP contribution in [0.25, 0.3) is 90.9 Å². The summed E-state index contributed by atoms with van der Waals surface area (Å²) in [5.74, 6) is -36.9. The topological polar surface area (TPSA) is 77.6 Å². The number of halogens is 15. The highest BCUT2D eigenvalue weighted by Crippen LogP contribution is 2.43. The monoisotopic (exact) mass is 928 g/mol. The lowest BCUT2D eigenvalue weighted by Gasteiger charge is -2.11. The Kier molecular flexibility index (Phi) is 10.5. The van der Waals surface area contributed by atoms with E-state index in [1.54, 1.807) is 0 Å². The molecule has 8 bridgehead atoms. The maximum atomic E-state index is 15.9. The SMILES string of the molecule is C[C@H](O)c1ccc(-c2c3nc(c(-c4c(F)c(F)c(F)c(F)c4F)c4ccc([nH]4)c(-c4c(F)c(F)c(F)c(F)c4F)c4nc(c(-c5c(F)c(F)c(F)c(F)c5F)c5ccc2[nH]5)C=C4)C=C3)cc1. The van der Waals surface area contributed by atoms with Gasteiger partial charge in [0, 0.05) is 44.3 Å². The maximum absolute atomic E-state index is 15.9. The Morgan fingerprint density at radius 2 is 0.576 bits per heavy atom. The summed E-state index contributed by atoms with van der Waals surface area (Å²) in [7, 11) is 0. The lowest BCUT2D eigenvalue weighted by Crippen LogP contribution is -2.06. The van der Waals surface area contributed by atoms with Gasteiger partial charge < -0.3 is 15.1 Å². The van der Waals surface area contributed by atoms with Crippen LogP contribution in [-0.2, 0) is 0 Å². The van der Waals surface area contributed by atoms with Gasteiger partial charge in [0.05, 0.1) is 45.6 Å². The van der Waals surface area contributed by atoms with Gasteiger partial charge in [-0.1, -0.05) is 24.3 Å². The number of H-pyrrole nitrogens is 2. The van der Waals surface area contributed by atoms with Gasteiger partial charge in [-0.05, 0) is 66.6 Å². The lowest BCUT2D eigenvalue weighted by atomic mass is 10.0. The standard InChI is InChI=1S/C46H19F15N4O/c1-14(66)15-2-4-16(5-3-15)25-17-6-8-19(62-17)26(29-32(47)38(53)44(59)39(54)33(29)48)21-10-12-23(64-21)28(31-36(51)42(57)46(61)43(58)37(31)52)24-13-11-22(65-24)27(20-9-7-18(25)63-20)30-34(49)40(55)45(60)41(56)35(30)50/h2-14,62,65-66H,1H3/t14-/m0/s1. The number of aliphatic hydroxyl groups is 1. The minimum absolute atomic E-state index is 0.00974. The van der Waals surface area contributed by atoms with Gasteiger partial charge in [0.1, 0.15) is 0 Å². The van der Waals surface area contributed by atoms with E-state index in [4.69, 9.17) is 0 Å². The highest BCUT2D eigenvalue weighted by atomic mass is 19.2. The van der Waals surface area contributed by atoms with E-state index < -0.39 is 160 Å². The third-order valence-corrected chi connectivity index (χ3v) is 10.8. The van der Waals surface area contributed by atoms with Crippen LogP contribution in [0.2, 0.25) is 0 Å². The molecule has 5 heterocycles. The number of aromatic nitrogens is 4. The second-order valence-corrected chi connectivity index (χ2v) is 14.6. The van der Waals surface area contributed by atoms with Crippen LogP contribution >= 0.6 is 0 Å². The summed E-state index contributed by atoms with van der Waals surface area (Å²) in [6.07, 6.45) is 2.86. The first kappa shape index (κ1) is 43.6. The largest absolute Gasteiger partial charge is 0.389 e. The molecule has 9 rings (SSSR count). The molecule has 3 N–H and O–H groups in total. The van der Waals surface area contributed by atoms with Gasteiger partial charge in [0.25, 0.3) is 0 Å². The zero-order valence-corrected chi connectivity index (χ0v) is 32.5. The van der Waals surface area contributed by atoms with Crippen molar-refractivity contribution in [2.75, 3.05) is 0 Å². The molecule has 334 valence electrons. The first-order valence-corrected chi connectivity index (χ1v) is 18.8. The quantitative estimate of drug-likeness (QED) is 0.0914. The number of aromatic amines is 2. The van der Waals surface area contributed by atoms with Crippen LogP contribution in [0.4, 0.5) is 65.9 Å². The molecule has 1 atom stereocenters. The van der Waals surface area contributed by atoms with Crippen LogP contribution in [0, 0.1) is 87.3 Å². The molecule has 3 aromatic heterocycles. The Morgan fingerprint density at radius 3 is 0.848 bits per heavy atom. The Hall–Kier alpha value is -7.61. The summed E-state index contributed by atoms with van der Waals surface area (Å²) in [6, 6.07) is 9.79. The van der Waals surface area contributed by atoms with Crippen LogP contribution < -0.4 is 0 Å². The molecule has 4 aromatic carbocycles. The minimum atomic E-state index is -2.62. The van der Waals surface area contributed by atoms with Crippen molar-refractivity contribution < 1.29 is 71.0 Å². The van der Waals surface area contributed by atoms with Gasteiger partial charge in [-0.2, -0.15) is 0 Å². The highest BCUT2D eigenvalue weighted by molar-refractivity contribution is 6.00. The van der Waals surface area contributed by atoms with Crippen molar-refractivity contribution in [1.82, 2.24) is 19.9 Å². The van der Waals surface area contributed by atoms with Crippen LogP contribution in [-0.4, -0.2) is 25.0 Å². The molecular formula is C46H19F15N4O. The fraction of sp³-hybridized carbons (Fsp3) is 0.0435. The van der Waals surface area contributed by atoms with Gasteiger partial charge in [0.15, 0.2) is 69.8 Å². The van der Waals surface area contributed by atoms with Crippen molar-refractivity contribution in [2.45, 2.75) is 13.0 Å². The smallest absolute Gasteiger partial charge is 0.200 e. The van der Waals surface area contributed by atoms with Crippen molar-refractivity contribution in [1.29, 1.82) is 0 Å². The van der Waals surface area contributed by atoms with Crippen molar-refractivity contribution in [3.05, 3.63) is 164 Å². The van der Waals surface area contributed by atoms with E-state index in [-0.39, 0.29) is 22.3 Å². The van der Waals surface area contributed by atoms with E-state index in [1.165, 1.54) is 43.3 Å². The minimum Gasteiger partial charge on any atom is -0.389 e. The predicted octanol–water partition coefficient (Wildman–Crippen LogP) is 13.5. The second-order valence-electron chi connectivity index (χ2n) is 14.6. The number of nitrogens with one attached hydrogen (secondary N) is 2. The highest BCUT2D eigenvalue weighted by Gasteiger charge is 2.34. The molecule has 0 saturated carbocycles. The summed E-state index contributed by atoms with van der Waals surface area (Å²) in [5, 5.41) is 10.2. The fourth-order valence-corrected chi connectivity index (χ4v) is 7.70. The average Bonchev–Trinajstić information content (AvgIpc) is 4.16. The zero-order valence-electron chi connectivity index (χ0n) is 32.5. The molecule has 2 aliphatic rings. The van der Waals surface area contributed by atoms with E-state index in [0.29, 0.717) is 5.56 Å². The normalized spacial score (nSPS) is 12.7. The number of hydrogen-bond acceptors (Lipinski definition) is 3. The molecular weight excluding hydrogens is 910 g/mol. The molecule has 0 fully saturated rings. The van der Waals surface area contributed by atoms with Gasteiger partial charge in [0.2, 0.25) is 17.5 Å². The summed E-state index contributed by atoms with van der Waals surface area (Å²) in [4.78, 5) is 13.8. The fourth-order valence-electron chi connectivity index (χ4n) is 7.70. The molecule has 0 spiro atoms. The Bertz CT molecular complexity index is 3370. The van der Waals surface area contributed by atoms with E-state index in [1.807, 2.05) is 0 Å². The molecule has 5 nitrogen and oxygen atoms in total. The number of hydrogen-bond donors (Lipinski definition) is 3. The van der Waals surface area contributed by atoms with Crippen molar-refractivity contribution in [3.63, 3.8) is 0 Å². The third-order valence-electron chi connectivity index (χ3n) is 10.8. The van der Waals surface area contributed by atoms with Crippen molar-refractivity contribution in [3.8, 4) is 44.5 Å². The number of benzene rings is 4. The number of fused-ring (bicyclic) bond motifs is 8. The van der Waals surface area contributed by atoms with Crippen LogP contribution in [0.5, 0.6) is 0 Å². The van der Waals surface area contributed by atoms with E-state index in [9.17, 15) is 44.6 Å². The molecule has 7 aromatic rings. The third kappa shape index (κ3) is 6.56. The number of nitrogens with zero attached hydrogens (tertiary/aromatic N) is 2. The molecule has 0 amide bonds. The Morgan fingerprint density at radius 1 is 0.333 bits per heavy atom. The van der Waals surface area contributed by atoms with Crippen LogP contribution in [0.15, 0.2) is 48.5 Å². The molecule has 0 saturated heterocycles. The average molecular weight is 929 g/mol. The van der Waals surface area contributed by atoms with Crippen molar-refractivity contribution in [2.24, 2.45) is 0 Å². The van der Waals surface area contributed by atoms with E-state index in [2.05, 4.69) is 19.9 Å². The van der Waals surface area contributed by atoms with Crippen molar-refractivity contribution >= 4 is 46.4 Å². The van der Waals surface area contributed by atoms with Gasteiger partial charge >= 0.3 is 0 Å². The lowest BCUT2D eigenvalue weighted by molar-refractivity contribution is 0.199. The maximum Gasteiger partial charge on any atom is 0.200 e. The van der Waals surface area contributed by atoms with Gasteiger partial charge in [-0.15, -0.1) is 0 Å². The van der Waals surface area contributed by atoms with Crippen LogP contribution in [0.1, 0.15) is 41.4 Å². The summed E-state index contributed by atoms with van der Waals surface area (Å²) in [6.45, 7) is 1.45. The van der Waals surface area contributed by atoms with E-state index >= 15 is 26.3 Å². The van der Waals surface area contributed by atoms with E-state index in [0.717, 1.165) is 36.4 Å². The Balaban J connectivity index is 1.55. The molecule has 0 unspecified atom stereocenters. The number of rotatable bonds is 5. The first-order chi connectivity index (χ1) is 31.3. The predicted molar refractivity (Wildman–Crippen MR) is 211 cm³/mol. The zero-order chi connectivity index (χ0) is 47.4. The molecule has 20 heteroatoms. The summed E-state index contributed by atoms with van der Waals surface area (Å²) >= 11 is 0. The number of aliphatic hydroxyl groups excluding tert-OH is 1. The van der Waals surface area contributed by atoms with Crippen LogP contribution in [0.3, 0.4) is 0 Å². The molecule has 0 radical (unpaired) electrons. The Labute approximate surface area is 358 Å². The summed E-state index contributed by atoms with van der Waals surface area (Å²) in [5.41, 5.74) is -11.5. The van der Waals surface area contributed by atoms with Gasteiger partial charge in [-0.25, -0.2) is 75.8 Å². The second kappa shape index (κ2) is 15.8. The van der Waals surface area contributed by atoms with Gasteiger partial charge in [-0.3, -0.25) is 0 Å². The first-order valence-electron chi connectivity index (χ1n) is 18.8. The molecule has 2 aliphatic heterocycles. The summed E-state index contributed by atoms with van der Waals surface area (Å²) < 4.78 is 228. The molecule has 66 heavy (non-hydrogen) atoms. The molecule has 0 aliphatic carbocycles.